The van der Waals surface area contributed by atoms with E-state index in [-0.39, 0.29) is 23.7 Å². The first kappa shape index (κ1) is 19.5. The number of hydrogen-bond acceptors (Lipinski definition) is 9. The van der Waals surface area contributed by atoms with Gasteiger partial charge >= 0.3 is 5.91 Å². The Bertz CT molecular complexity index is 1140. The number of anilines is 2. The van der Waals surface area contributed by atoms with Crippen molar-refractivity contribution in [1.82, 2.24) is 25.3 Å². The maximum atomic E-state index is 12.1. The SMILES string of the molecule is C[C@H](NC(=O)c1ccc(NCc2cnc3nc(N)[nH]c(=O)c3n2)cc1)C(=O)N=O. The molecule has 29 heavy (non-hydrogen) atoms. The van der Waals surface area contributed by atoms with E-state index in [4.69, 9.17) is 5.73 Å². The number of benzene rings is 1. The lowest BCUT2D eigenvalue weighted by molar-refractivity contribution is -0.119. The zero-order valence-electron chi connectivity index (χ0n) is 15.2. The van der Waals surface area contributed by atoms with E-state index in [0.717, 1.165) is 0 Å². The summed E-state index contributed by atoms with van der Waals surface area (Å²) in [4.78, 5) is 59.8. The third-order valence-corrected chi connectivity index (χ3v) is 3.91. The van der Waals surface area contributed by atoms with Crippen LogP contribution in [0.15, 0.2) is 40.4 Å². The first-order valence-electron chi connectivity index (χ1n) is 8.41. The van der Waals surface area contributed by atoms with Gasteiger partial charge in [-0.15, -0.1) is 4.91 Å². The van der Waals surface area contributed by atoms with Crippen molar-refractivity contribution in [2.45, 2.75) is 19.5 Å². The van der Waals surface area contributed by atoms with Crippen LogP contribution in [-0.2, 0) is 11.3 Å². The number of nitrogens with one attached hydrogen (secondary N) is 3. The number of rotatable bonds is 6. The van der Waals surface area contributed by atoms with Gasteiger partial charge in [-0.2, -0.15) is 4.98 Å². The third-order valence-electron chi connectivity index (χ3n) is 3.91. The van der Waals surface area contributed by atoms with E-state index in [2.05, 4.69) is 35.7 Å². The molecule has 3 aromatic rings. The molecule has 0 aliphatic rings. The first-order chi connectivity index (χ1) is 13.9. The monoisotopic (exact) mass is 396 g/mol. The van der Waals surface area contributed by atoms with Gasteiger partial charge in [0.1, 0.15) is 6.04 Å². The largest absolute Gasteiger partial charge is 0.379 e. The van der Waals surface area contributed by atoms with Gasteiger partial charge in [-0.1, -0.05) is 0 Å². The first-order valence-corrected chi connectivity index (χ1v) is 8.41. The number of fused-ring (bicyclic) bond motifs is 1. The third kappa shape index (κ3) is 4.55. The van der Waals surface area contributed by atoms with Crippen LogP contribution in [-0.4, -0.2) is 37.8 Å². The molecule has 2 aromatic heterocycles. The van der Waals surface area contributed by atoms with Gasteiger partial charge in [0.2, 0.25) is 5.95 Å². The van der Waals surface area contributed by atoms with Gasteiger partial charge < -0.3 is 16.4 Å². The van der Waals surface area contributed by atoms with Crippen LogP contribution < -0.4 is 21.9 Å². The summed E-state index contributed by atoms with van der Waals surface area (Å²) in [6.07, 6.45) is 1.47. The molecule has 0 spiro atoms. The standard InChI is InChI=1S/C17H16N8O4/c1-8(14(26)25-29)21-15(27)9-2-4-10(5-3-9)19-6-11-7-20-13-12(22-11)16(28)24-17(18)23-13/h2-5,7-8,19H,6H2,1H3,(H,21,27)(H3,18,20,23,24,28)/t8-/m0/s1. The summed E-state index contributed by atoms with van der Waals surface area (Å²) in [5.41, 5.74) is 6.73. The zero-order chi connectivity index (χ0) is 21.0. The van der Waals surface area contributed by atoms with Crippen molar-refractivity contribution < 1.29 is 9.59 Å². The molecule has 3 rings (SSSR count). The van der Waals surface area contributed by atoms with Crippen LogP contribution >= 0.6 is 0 Å². The fourth-order valence-corrected chi connectivity index (χ4v) is 2.41. The maximum Gasteiger partial charge on any atom is 0.308 e. The second-order valence-electron chi connectivity index (χ2n) is 6.04. The lowest BCUT2D eigenvalue weighted by Crippen LogP contribution is -2.37. The molecule has 0 aliphatic heterocycles. The van der Waals surface area contributed by atoms with Gasteiger partial charge in [-0.3, -0.25) is 19.4 Å². The Morgan fingerprint density at radius 2 is 1.97 bits per heavy atom. The molecule has 0 saturated carbocycles. The molecule has 5 N–H and O–H groups in total. The Balaban J connectivity index is 1.65. The molecule has 0 fully saturated rings. The Hall–Kier alpha value is -4.22. The van der Waals surface area contributed by atoms with Gasteiger partial charge in [-0.25, -0.2) is 9.97 Å². The molecule has 1 aromatic carbocycles. The summed E-state index contributed by atoms with van der Waals surface area (Å²) in [6.45, 7) is 1.64. The van der Waals surface area contributed by atoms with Gasteiger partial charge in [-0.05, 0) is 31.2 Å². The molecule has 12 nitrogen and oxygen atoms in total. The van der Waals surface area contributed by atoms with Crippen LogP contribution in [0.5, 0.6) is 0 Å². The van der Waals surface area contributed by atoms with Crippen LogP contribution in [0.4, 0.5) is 11.6 Å². The summed E-state index contributed by atoms with van der Waals surface area (Å²) < 4.78 is 0. The number of aromatic amines is 1. The molecule has 12 heteroatoms. The number of carbonyl (C=O) groups excluding carboxylic acids is 2. The van der Waals surface area contributed by atoms with Crippen molar-refractivity contribution in [2.75, 3.05) is 11.1 Å². The lowest BCUT2D eigenvalue weighted by atomic mass is 10.1. The molecule has 0 radical (unpaired) electrons. The summed E-state index contributed by atoms with van der Waals surface area (Å²) in [6, 6.07) is 5.41. The molecular formula is C17H16N8O4. The van der Waals surface area contributed by atoms with Gasteiger partial charge in [0.15, 0.2) is 11.2 Å². The molecule has 0 bridgehead atoms. The van der Waals surface area contributed by atoms with Crippen molar-refractivity contribution >= 4 is 34.6 Å². The van der Waals surface area contributed by atoms with Gasteiger partial charge in [0, 0.05) is 16.4 Å². The fourth-order valence-electron chi connectivity index (χ4n) is 2.41. The van der Waals surface area contributed by atoms with E-state index < -0.39 is 23.4 Å². The fraction of sp³-hybridized carbons (Fsp3) is 0.176. The van der Waals surface area contributed by atoms with Crippen molar-refractivity contribution in [3.05, 3.63) is 57.0 Å². The predicted octanol–water partition coefficient (Wildman–Crippen LogP) is 0.319. The van der Waals surface area contributed by atoms with Gasteiger partial charge in [0.25, 0.3) is 11.5 Å². The second kappa shape index (κ2) is 8.21. The normalized spacial score (nSPS) is 11.6. The summed E-state index contributed by atoms with van der Waals surface area (Å²) in [5.74, 6) is -1.50. The minimum Gasteiger partial charge on any atom is -0.379 e. The number of aromatic nitrogens is 4. The lowest BCUT2D eigenvalue weighted by Gasteiger charge is -2.10. The average molecular weight is 396 g/mol. The minimum atomic E-state index is -1.00. The molecule has 2 heterocycles. The Kier molecular flexibility index (Phi) is 5.53. The predicted molar refractivity (Wildman–Crippen MR) is 104 cm³/mol. The van der Waals surface area contributed by atoms with Crippen molar-refractivity contribution in [3.8, 4) is 0 Å². The number of nitrogens with two attached hydrogens (primary N) is 1. The number of hydrogen-bond donors (Lipinski definition) is 4. The Labute approximate surface area is 162 Å². The molecular weight excluding hydrogens is 380 g/mol. The molecule has 2 amide bonds. The number of nitroso groups, excluding NO2 is 1. The Morgan fingerprint density at radius 3 is 2.66 bits per heavy atom. The molecule has 148 valence electrons. The van der Waals surface area contributed by atoms with Crippen LogP contribution in [0.1, 0.15) is 23.0 Å². The molecule has 0 aliphatic carbocycles. The highest BCUT2D eigenvalue weighted by molar-refractivity contribution is 5.97. The quantitative estimate of drug-likeness (QED) is 0.426. The smallest absolute Gasteiger partial charge is 0.308 e. The zero-order valence-corrected chi connectivity index (χ0v) is 15.2. The molecule has 0 unspecified atom stereocenters. The highest BCUT2D eigenvalue weighted by atomic mass is 16.3. The summed E-state index contributed by atoms with van der Waals surface area (Å²) in [7, 11) is 0. The van der Waals surface area contributed by atoms with E-state index >= 15 is 0 Å². The minimum absolute atomic E-state index is 0.0343. The number of nitrogens with zero attached hydrogens (tertiary/aromatic N) is 4. The van der Waals surface area contributed by atoms with Crippen molar-refractivity contribution in [1.29, 1.82) is 0 Å². The van der Waals surface area contributed by atoms with E-state index in [0.29, 0.717) is 16.9 Å². The van der Waals surface area contributed by atoms with Crippen LogP contribution in [0.25, 0.3) is 11.2 Å². The van der Waals surface area contributed by atoms with E-state index in [1.54, 1.807) is 24.3 Å². The topological polar surface area (TPSA) is 185 Å². The van der Waals surface area contributed by atoms with Gasteiger partial charge in [0.05, 0.1) is 18.4 Å². The van der Waals surface area contributed by atoms with Crippen LogP contribution in [0.3, 0.4) is 0 Å². The average Bonchev–Trinajstić information content (AvgIpc) is 2.72. The highest BCUT2D eigenvalue weighted by Crippen LogP contribution is 2.12. The second-order valence-corrected chi connectivity index (χ2v) is 6.04. The van der Waals surface area contributed by atoms with Crippen LogP contribution in [0, 0.1) is 4.91 Å². The maximum absolute atomic E-state index is 12.1. The summed E-state index contributed by atoms with van der Waals surface area (Å²) in [5, 5.41) is 7.75. The highest BCUT2D eigenvalue weighted by Gasteiger charge is 2.17. The number of H-pyrrole nitrogens is 1. The number of carbonyl (C=O) groups is 2. The molecule has 1 atom stereocenters. The van der Waals surface area contributed by atoms with Crippen LogP contribution in [0.2, 0.25) is 0 Å². The van der Waals surface area contributed by atoms with E-state index in [1.165, 1.54) is 13.1 Å². The number of nitrogen functional groups attached to an aromatic ring is 1. The van der Waals surface area contributed by atoms with E-state index in [9.17, 15) is 19.3 Å². The van der Waals surface area contributed by atoms with Crippen molar-refractivity contribution in [2.24, 2.45) is 5.18 Å². The summed E-state index contributed by atoms with van der Waals surface area (Å²) >= 11 is 0. The molecule has 0 saturated heterocycles. The van der Waals surface area contributed by atoms with E-state index in [1.807, 2.05) is 0 Å². The number of amides is 2. The Morgan fingerprint density at radius 1 is 1.24 bits per heavy atom. The van der Waals surface area contributed by atoms with Crippen molar-refractivity contribution in [3.63, 3.8) is 0 Å².